The van der Waals surface area contributed by atoms with Crippen LogP contribution in [0.1, 0.15) is 55.7 Å². The van der Waals surface area contributed by atoms with E-state index >= 15 is 0 Å². The second-order valence-corrected chi connectivity index (χ2v) is 7.90. The monoisotopic (exact) mass is 379 g/mol. The number of hydrogen-bond acceptors (Lipinski definition) is 2. The van der Waals surface area contributed by atoms with E-state index in [9.17, 15) is 4.79 Å². The molecule has 0 bridgehead atoms. The van der Waals surface area contributed by atoms with Crippen LogP contribution in [-0.2, 0) is 17.6 Å². The van der Waals surface area contributed by atoms with Gasteiger partial charge in [-0.1, -0.05) is 55.3 Å². The third-order valence-electron chi connectivity index (χ3n) is 5.35. The Hall–Kier alpha value is -2.29. The van der Waals surface area contributed by atoms with Gasteiger partial charge in [-0.2, -0.15) is 0 Å². The van der Waals surface area contributed by atoms with Gasteiger partial charge in [-0.15, -0.1) is 0 Å². The summed E-state index contributed by atoms with van der Waals surface area (Å²) < 4.78 is 5.71. The topological polar surface area (TPSA) is 29.5 Å². The zero-order valence-electron chi connectivity index (χ0n) is 17.3. The van der Waals surface area contributed by atoms with Crippen LogP contribution in [0.5, 0.6) is 5.75 Å². The fourth-order valence-electron chi connectivity index (χ4n) is 3.50. The minimum absolute atomic E-state index is 0.290. The quantitative estimate of drug-likeness (QED) is 0.493. The Morgan fingerprint density at radius 2 is 1.86 bits per heavy atom. The number of hydrogen-bond donors (Lipinski definition) is 0. The molecule has 3 heteroatoms. The minimum Gasteiger partial charge on any atom is -0.494 e. The molecule has 0 N–H and O–H groups in total. The maximum atomic E-state index is 12.8. The van der Waals surface area contributed by atoms with Gasteiger partial charge in [0.05, 0.1) is 6.61 Å². The molecule has 1 saturated carbocycles. The number of benzene rings is 2. The second kappa shape index (κ2) is 10.3. The number of carbonyl (C=O) groups is 1. The molecule has 1 aliphatic carbocycles. The molecule has 3 nitrogen and oxygen atoms in total. The number of aryl methyl sites for hydroxylation is 2. The summed E-state index contributed by atoms with van der Waals surface area (Å²) in [6, 6.07) is 17.3. The van der Waals surface area contributed by atoms with Crippen molar-refractivity contribution in [3.63, 3.8) is 0 Å². The van der Waals surface area contributed by atoms with Crippen LogP contribution in [0.4, 0.5) is 0 Å². The van der Waals surface area contributed by atoms with Crippen molar-refractivity contribution >= 4 is 5.91 Å². The molecule has 0 aromatic heterocycles. The SMILES string of the molecule is CCCCOc1ccc(CCC(=O)N(CCc2cccc(C)c2)C2CC2)cc1. The first kappa shape index (κ1) is 20.4. The average molecular weight is 380 g/mol. The first-order valence-electron chi connectivity index (χ1n) is 10.7. The molecule has 0 unspecified atom stereocenters. The number of ether oxygens (including phenoxy) is 1. The zero-order valence-corrected chi connectivity index (χ0v) is 17.3. The summed E-state index contributed by atoms with van der Waals surface area (Å²) in [6.07, 6.45) is 6.85. The van der Waals surface area contributed by atoms with E-state index < -0.39 is 0 Å². The van der Waals surface area contributed by atoms with E-state index in [-0.39, 0.29) is 0 Å². The van der Waals surface area contributed by atoms with Gasteiger partial charge in [0, 0.05) is 19.0 Å². The number of rotatable bonds is 11. The maximum absolute atomic E-state index is 12.8. The molecule has 1 aliphatic rings. The van der Waals surface area contributed by atoms with Gasteiger partial charge in [0.2, 0.25) is 5.91 Å². The van der Waals surface area contributed by atoms with Crippen molar-refractivity contribution < 1.29 is 9.53 Å². The standard InChI is InChI=1S/C25H33NO2/c1-3-4-18-28-24-13-8-21(9-14-24)10-15-25(27)26(23-11-12-23)17-16-22-7-5-6-20(2)19-22/h5-9,13-14,19,23H,3-4,10-12,15-18H2,1-2H3. The van der Waals surface area contributed by atoms with Crippen molar-refractivity contribution in [1.82, 2.24) is 4.90 Å². The van der Waals surface area contributed by atoms with Gasteiger partial charge < -0.3 is 9.64 Å². The van der Waals surface area contributed by atoms with Crippen LogP contribution in [0.25, 0.3) is 0 Å². The minimum atomic E-state index is 0.290. The van der Waals surface area contributed by atoms with Crippen LogP contribution >= 0.6 is 0 Å². The lowest BCUT2D eigenvalue weighted by Crippen LogP contribution is -2.35. The van der Waals surface area contributed by atoms with E-state index in [4.69, 9.17) is 4.74 Å². The molecule has 0 spiro atoms. The lowest BCUT2D eigenvalue weighted by Gasteiger charge is -2.23. The van der Waals surface area contributed by atoms with Crippen LogP contribution in [-0.4, -0.2) is 30.0 Å². The Morgan fingerprint density at radius 1 is 1.07 bits per heavy atom. The van der Waals surface area contributed by atoms with E-state index in [2.05, 4.69) is 55.1 Å². The highest BCUT2D eigenvalue weighted by Crippen LogP contribution is 2.28. The Morgan fingerprint density at radius 3 is 2.54 bits per heavy atom. The second-order valence-electron chi connectivity index (χ2n) is 7.90. The average Bonchev–Trinajstić information content (AvgIpc) is 3.53. The van der Waals surface area contributed by atoms with Crippen molar-refractivity contribution in [3.05, 3.63) is 65.2 Å². The molecule has 0 saturated heterocycles. The molecule has 0 radical (unpaired) electrons. The van der Waals surface area contributed by atoms with Crippen molar-refractivity contribution in [1.29, 1.82) is 0 Å². The third-order valence-corrected chi connectivity index (χ3v) is 5.35. The molecule has 3 rings (SSSR count). The molecule has 28 heavy (non-hydrogen) atoms. The highest BCUT2D eigenvalue weighted by molar-refractivity contribution is 5.77. The lowest BCUT2D eigenvalue weighted by atomic mass is 10.1. The Kier molecular flexibility index (Phi) is 7.53. The molecule has 0 aliphatic heterocycles. The van der Waals surface area contributed by atoms with Crippen molar-refractivity contribution in [2.75, 3.05) is 13.2 Å². The predicted octanol–water partition coefficient (Wildman–Crippen LogP) is 5.34. The van der Waals surface area contributed by atoms with Gasteiger partial charge in [0.15, 0.2) is 0 Å². The van der Waals surface area contributed by atoms with E-state index in [1.807, 2.05) is 12.1 Å². The van der Waals surface area contributed by atoms with Gasteiger partial charge in [0.25, 0.3) is 0 Å². The van der Waals surface area contributed by atoms with Crippen LogP contribution < -0.4 is 4.74 Å². The van der Waals surface area contributed by atoms with Gasteiger partial charge in [-0.3, -0.25) is 4.79 Å². The normalized spacial score (nSPS) is 13.4. The van der Waals surface area contributed by atoms with Gasteiger partial charge in [-0.25, -0.2) is 0 Å². The molecule has 2 aromatic carbocycles. The van der Waals surface area contributed by atoms with E-state index in [0.29, 0.717) is 18.4 Å². The van der Waals surface area contributed by atoms with Crippen molar-refractivity contribution in [2.45, 2.75) is 64.8 Å². The molecule has 0 atom stereocenters. The maximum Gasteiger partial charge on any atom is 0.223 e. The van der Waals surface area contributed by atoms with E-state index in [1.165, 1.54) is 16.7 Å². The van der Waals surface area contributed by atoms with E-state index in [0.717, 1.165) is 57.4 Å². The number of nitrogens with zero attached hydrogens (tertiary/aromatic N) is 1. The summed E-state index contributed by atoms with van der Waals surface area (Å²) in [5, 5.41) is 0. The van der Waals surface area contributed by atoms with Crippen LogP contribution in [0, 0.1) is 6.92 Å². The van der Waals surface area contributed by atoms with Gasteiger partial charge >= 0.3 is 0 Å². The summed E-state index contributed by atoms with van der Waals surface area (Å²) in [5.74, 6) is 1.21. The van der Waals surface area contributed by atoms with Crippen molar-refractivity contribution in [3.8, 4) is 5.75 Å². The molecular formula is C25H33NO2. The smallest absolute Gasteiger partial charge is 0.223 e. The van der Waals surface area contributed by atoms with Crippen LogP contribution in [0.15, 0.2) is 48.5 Å². The summed E-state index contributed by atoms with van der Waals surface area (Å²) in [7, 11) is 0. The molecule has 0 heterocycles. The van der Waals surface area contributed by atoms with Crippen LogP contribution in [0.2, 0.25) is 0 Å². The van der Waals surface area contributed by atoms with Gasteiger partial charge in [-0.05, 0) is 62.3 Å². The van der Waals surface area contributed by atoms with E-state index in [1.54, 1.807) is 0 Å². The Bertz CT molecular complexity index is 749. The van der Waals surface area contributed by atoms with Crippen LogP contribution in [0.3, 0.4) is 0 Å². The predicted molar refractivity (Wildman–Crippen MR) is 115 cm³/mol. The molecule has 1 amide bonds. The number of amides is 1. The lowest BCUT2D eigenvalue weighted by molar-refractivity contribution is -0.131. The largest absolute Gasteiger partial charge is 0.494 e. The molecular weight excluding hydrogens is 346 g/mol. The highest BCUT2D eigenvalue weighted by Gasteiger charge is 2.31. The summed E-state index contributed by atoms with van der Waals surface area (Å²) >= 11 is 0. The Balaban J connectivity index is 1.47. The van der Waals surface area contributed by atoms with Crippen molar-refractivity contribution in [2.24, 2.45) is 0 Å². The first-order valence-corrected chi connectivity index (χ1v) is 10.7. The fraction of sp³-hybridized carbons (Fsp3) is 0.480. The Labute approximate surface area is 169 Å². The molecule has 2 aromatic rings. The molecule has 1 fully saturated rings. The zero-order chi connectivity index (χ0) is 19.8. The number of unbranched alkanes of at least 4 members (excludes halogenated alkanes) is 1. The summed E-state index contributed by atoms with van der Waals surface area (Å²) in [5.41, 5.74) is 3.80. The highest BCUT2D eigenvalue weighted by atomic mass is 16.5. The third kappa shape index (κ3) is 6.40. The molecule has 150 valence electrons. The van der Waals surface area contributed by atoms with Gasteiger partial charge in [0.1, 0.15) is 5.75 Å². The number of carbonyl (C=O) groups excluding carboxylic acids is 1. The first-order chi connectivity index (χ1) is 13.7. The fourth-order valence-corrected chi connectivity index (χ4v) is 3.50. The summed E-state index contributed by atoms with van der Waals surface area (Å²) in [4.78, 5) is 14.9. The summed E-state index contributed by atoms with van der Waals surface area (Å²) in [6.45, 7) is 5.88.